The number of hydrogen-bond acceptors (Lipinski definition) is 2. The average molecular weight is 319 g/mol. The monoisotopic (exact) mass is 319 g/mol. The highest BCUT2D eigenvalue weighted by Gasteiger charge is 2.31. The SMILES string of the molecule is CC(C)(C(=O)NCc1ccc(F)c(CO)c1)c1ccccc1F. The van der Waals surface area contributed by atoms with Gasteiger partial charge in [-0.15, -0.1) is 0 Å². The lowest BCUT2D eigenvalue weighted by Crippen LogP contribution is -2.40. The van der Waals surface area contributed by atoms with Gasteiger partial charge in [-0.25, -0.2) is 8.78 Å². The zero-order chi connectivity index (χ0) is 17.0. The molecule has 5 heteroatoms. The van der Waals surface area contributed by atoms with Crippen molar-refractivity contribution in [2.24, 2.45) is 0 Å². The van der Waals surface area contributed by atoms with Crippen molar-refractivity contribution in [2.75, 3.05) is 0 Å². The van der Waals surface area contributed by atoms with Crippen molar-refractivity contribution in [3.63, 3.8) is 0 Å². The number of aliphatic hydroxyl groups excluding tert-OH is 1. The molecule has 0 spiro atoms. The van der Waals surface area contributed by atoms with Crippen LogP contribution < -0.4 is 5.32 Å². The van der Waals surface area contributed by atoms with Gasteiger partial charge in [0.2, 0.25) is 5.91 Å². The van der Waals surface area contributed by atoms with E-state index in [0.717, 1.165) is 0 Å². The van der Waals surface area contributed by atoms with Crippen molar-refractivity contribution in [1.29, 1.82) is 0 Å². The highest BCUT2D eigenvalue weighted by molar-refractivity contribution is 5.87. The molecule has 2 aromatic rings. The van der Waals surface area contributed by atoms with E-state index in [1.54, 1.807) is 32.0 Å². The molecule has 3 nitrogen and oxygen atoms in total. The molecule has 0 fully saturated rings. The Morgan fingerprint density at radius 2 is 1.83 bits per heavy atom. The summed E-state index contributed by atoms with van der Waals surface area (Å²) in [4.78, 5) is 12.4. The zero-order valence-corrected chi connectivity index (χ0v) is 13.1. The molecule has 2 N–H and O–H groups in total. The minimum Gasteiger partial charge on any atom is -0.392 e. The summed E-state index contributed by atoms with van der Waals surface area (Å²) in [6, 6.07) is 10.4. The minimum atomic E-state index is -1.04. The van der Waals surface area contributed by atoms with Gasteiger partial charge in [-0.1, -0.05) is 24.3 Å². The zero-order valence-electron chi connectivity index (χ0n) is 13.1. The highest BCUT2D eigenvalue weighted by atomic mass is 19.1. The Balaban J connectivity index is 2.11. The van der Waals surface area contributed by atoms with Crippen LogP contribution in [-0.4, -0.2) is 11.0 Å². The maximum absolute atomic E-state index is 13.9. The van der Waals surface area contributed by atoms with Gasteiger partial charge < -0.3 is 10.4 Å². The lowest BCUT2D eigenvalue weighted by atomic mass is 9.83. The molecule has 2 rings (SSSR count). The first kappa shape index (κ1) is 17.1. The standard InChI is InChI=1S/C18H19F2NO2/c1-18(2,14-5-3-4-6-16(14)20)17(23)21-10-12-7-8-15(19)13(9-12)11-22/h3-9,22H,10-11H2,1-2H3,(H,21,23). The first-order valence-electron chi connectivity index (χ1n) is 7.27. The van der Waals surface area contributed by atoms with Gasteiger partial charge in [0.05, 0.1) is 12.0 Å². The largest absolute Gasteiger partial charge is 0.392 e. The molecule has 0 saturated heterocycles. The Morgan fingerprint density at radius 3 is 2.48 bits per heavy atom. The van der Waals surface area contributed by atoms with Crippen LogP contribution in [0.15, 0.2) is 42.5 Å². The van der Waals surface area contributed by atoms with Crippen molar-refractivity contribution in [3.8, 4) is 0 Å². The second kappa shape index (κ2) is 6.87. The number of hydrogen-bond donors (Lipinski definition) is 2. The van der Waals surface area contributed by atoms with Crippen LogP contribution in [0.2, 0.25) is 0 Å². The number of nitrogens with one attached hydrogen (secondary N) is 1. The van der Waals surface area contributed by atoms with Gasteiger partial charge in [0, 0.05) is 17.7 Å². The summed E-state index contributed by atoms with van der Waals surface area (Å²) in [5.41, 5.74) is 0.108. The number of amides is 1. The smallest absolute Gasteiger partial charge is 0.230 e. The van der Waals surface area contributed by atoms with Crippen LogP contribution >= 0.6 is 0 Å². The summed E-state index contributed by atoms with van der Waals surface area (Å²) < 4.78 is 27.2. The molecule has 23 heavy (non-hydrogen) atoms. The van der Waals surface area contributed by atoms with Gasteiger partial charge in [-0.2, -0.15) is 0 Å². The molecule has 0 atom stereocenters. The molecule has 0 radical (unpaired) electrons. The maximum Gasteiger partial charge on any atom is 0.230 e. The van der Waals surface area contributed by atoms with Gasteiger partial charge in [0.15, 0.2) is 0 Å². The Bertz CT molecular complexity index is 714. The van der Waals surface area contributed by atoms with Gasteiger partial charge >= 0.3 is 0 Å². The van der Waals surface area contributed by atoms with Crippen molar-refractivity contribution in [3.05, 3.63) is 70.8 Å². The summed E-state index contributed by atoms with van der Waals surface area (Å²) >= 11 is 0. The Labute approximate surface area is 134 Å². The predicted molar refractivity (Wildman–Crippen MR) is 83.6 cm³/mol. The number of benzene rings is 2. The Morgan fingerprint density at radius 1 is 1.13 bits per heavy atom. The fourth-order valence-electron chi connectivity index (χ4n) is 2.35. The molecule has 1 amide bonds. The number of carbonyl (C=O) groups is 1. The molecule has 122 valence electrons. The molecule has 0 aromatic heterocycles. The van der Waals surface area contributed by atoms with Crippen molar-refractivity contribution >= 4 is 5.91 Å². The van der Waals surface area contributed by atoms with Crippen molar-refractivity contribution in [2.45, 2.75) is 32.4 Å². The maximum atomic E-state index is 13.9. The molecular weight excluding hydrogens is 300 g/mol. The molecule has 0 saturated carbocycles. The van der Waals surface area contributed by atoms with Crippen LogP contribution in [0.1, 0.15) is 30.5 Å². The Hall–Kier alpha value is -2.27. The Kier molecular flexibility index (Phi) is 5.11. The molecule has 2 aromatic carbocycles. The van der Waals surface area contributed by atoms with E-state index in [0.29, 0.717) is 11.1 Å². The first-order chi connectivity index (χ1) is 10.9. The third-order valence-corrected chi connectivity index (χ3v) is 3.85. The second-order valence-corrected chi connectivity index (χ2v) is 5.87. The molecule has 0 aliphatic rings. The summed E-state index contributed by atoms with van der Waals surface area (Å²) in [7, 11) is 0. The van der Waals surface area contributed by atoms with Crippen LogP contribution in [0.3, 0.4) is 0 Å². The van der Waals surface area contributed by atoms with Gasteiger partial charge in [0.1, 0.15) is 11.6 Å². The lowest BCUT2D eigenvalue weighted by Gasteiger charge is -2.24. The summed E-state index contributed by atoms with van der Waals surface area (Å²) in [6.45, 7) is 3.05. The molecule has 0 aliphatic heterocycles. The number of aliphatic hydroxyl groups is 1. The minimum absolute atomic E-state index is 0.171. The topological polar surface area (TPSA) is 49.3 Å². The third-order valence-electron chi connectivity index (χ3n) is 3.85. The van der Waals surface area contributed by atoms with E-state index in [-0.39, 0.29) is 18.0 Å². The highest BCUT2D eigenvalue weighted by Crippen LogP contribution is 2.26. The molecule has 0 bridgehead atoms. The van der Waals surface area contributed by atoms with E-state index in [4.69, 9.17) is 5.11 Å². The second-order valence-electron chi connectivity index (χ2n) is 5.87. The molecular formula is C18H19F2NO2. The first-order valence-corrected chi connectivity index (χ1v) is 7.27. The fourth-order valence-corrected chi connectivity index (χ4v) is 2.35. The van der Waals surface area contributed by atoms with Crippen molar-refractivity contribution in [1.82, 2.24) is 5.32 Å². The van der Waals surface area contributed by atoms with E-state index in [2.05, 4.69) is 5.32 Å². The van der Waals surface area contributed by atoms with E-state index in [1.807, 2.05) is 0 Å². The third kappa shape index (κ3) is 3.74. The summed E-state index contributed by atoms with van der Waals surface area (Å²) in [5, 5.41) is 11.8. The van der Waals surface area contributed by atoms with Crippen LogP contribution in [0.4, 0.5) is 8.78 Å². The van der Waals surface area contributed by atoms with Gasteiger partial charge in [-0.3, -0.25) is 4.79 Å². The lowest BCUT2D eigenvalue weighted by molar-refractivity contribution is -0.125. The molecule has 0 aliphatic carbocycles. The van der Waals surface area contributed by atoms with Crippen LogP contribution in [-0.2, 0) is 23.4 Å². The van der Waals surface area contributed by atoms with Crippen LogP contribution in [0.5, 0.6) is 0 Å². The quantitative estimate of drug-likeness (QED) is 0.890. The van der Waals surface area contributed by atoms with E-state index >= 15 is 0 Å². The van der Waals surface area contributed by atoms with E-state index in [1.165, 1.54) is 24.3 Å². The van der Waals surface area contributed by atoms with Gasteiger partial charge in [0.25, 0.3) is 0 Å². The van der Waals surface area contributed by atoms with Gasteiger partial charge in [-0.05, 0) is 37.6 Å². The normalized spacial score (nSPS) is 11.3. The van der Waals surface area contributed by atoms with E-state index in [9.17, 15) is 13.6 Å². The van der Waals surface area contributed by atoms with E-state index < -0.39 is 23.7 Å². The fraction of sp³-hybridized carbons (Fsp3) is 0.278. The molecule has 0 unspecified atom stereocenters. The molecule has 0 heterocycles. The van der Waals surface area contributed by atoms with Crippen LogP contribution in [0.25, 0.3) is 0 Å². The summed E-state index contributed by atoms with van der Waals surface area (Å²) in [5.74, 6) is -1.26. The van der Waals surface area contributed by atoms with Crippen LogP contribution in [0, 0.1) is 11.6 Å². The number of carbonyl (C=O) groups excluding carboxylic acids is 1. The predicted octanol–water partition coefficient (Wildman–Crippen LogP) is 3.05. The summed E-state index contributed by atoms with van der Waals surface area (Å²) in [6.07, 6.45) is 0. The van der Waals surface area contributed by atoms with Crippen molar-refractivity contribution < 1.29 is 18.7 Å². The average Bonchev–Trinajstić information content (AvgIpc) is 2.53. The number of rotatable bonds is 5. The number of halogens is 2.